The molecule has 1 fully saturated rings. The van der Waals surface area contributed by atoms with Crippen molar-refractivity contribution in [3.63, 3.8) is 0 Å². The molecule has 0 bridgehead atoms. The Morgan fingerprint density at radius 3 is 2.96 bits per heavy atom. The molecule has 1 N–H and O–H groups in total. The van der Waals surface area contributed by atoms with E-state index >= 15 is 0 Å². The smallest absolute Gasteiger partial charge is 0.318 e. The van der Waals surface area contributed by atoms with Crippen molar-refractivity contribution in [2.45, 2.75) is 32.5 Å². The van der Waals surface area contributed by atoms with Crippen LogP contribution >= 0.6 is 0 Å². The standard InChI is InChI=1S/C17H23N5O2/c1-3-21-12-18-20-16(21)15-11-22(9-10-24-15)17(23)19-13(2)14-7-5-4-6-8-14/h4-8,12-13,15H,3,9-11H2,1-2H3,(H,19,23)/t13-,15+/m1/s1. The van der Waals surface area contributed by atoms with Gasteiger partial charge < -0.3 is 19.5 Å². The Morgan fingerprint density at radius 1 is 1.42 bits per heavy atom. The first-order valence-electron chi connectivity index (χ1n) is 8.28. The molecule has 0 spiro atoms. The molecule has 1 saturated heterocycles. The van der Waals surface area contributed by atoms with Gasteiger partial charge in [-0.3, -0.25) is 0 Å². The van der Waals surface area contributed by atoms with Crippen LogP contribution in [0.1, 0.15) is 37.4 Å². The van der Waals surface area contributed by atoms with Crippen LogP contribution in [-0.4, -0.2) is 45.4 Å². The topological polar surface area (TPSA) is 72.3 Å². The molecule has 1 aromatic heterocycles. The molecule has 0 aliphatic carbocycles. The van der Waals surface area contributed by atoms with Gasteiger partial charge in [0.25, 0.3) is 0 Å². The highest BCUT2D eigenvalue weighted by atomic mass is 16.5. The van der Waals surface area contributed by atoms with E-state index in [0.29, 0.717) is 19.7 Å². The minimum Gasteiger partial charge on any atom is -0.366 e. The van der Waals surface area contributed by atoms with Crippen molar-refractivity contribution in [2.75, 3.05) is 19.7 Å². The average molecular weight is 329 g/mol. The lowest BCUT2D eigenvalue weighted by molar-refractivity contribution is -0.0220. The third-order valence-corrected chi connectivity index (χ3v) is 4.27. The van der Waals surface area contributed by atoms with E-state index in [0.717, 1.165) is 17.9 Å². The summed E-state index contributed by atoms with van der Waals surface area (Å²) < 4.78 is 7.73. The first-order chi connectivity index (χ1) is 11.7. The molecule has 24 heavy (non-hydrogen) atoms. The number of rotatable bonds is 4. The monoisotopic (exact) mass is 329 g/mol. The summed E-state index contributed by atoms with van der Waals surface area (Å²) in [6.07, 6.45) is 1.45. The van der Waals surface area contributed by atoms with Gasteiger partial charge in [-0.05, 0) is 19.4 Å². The van der Waals surface area contributed by atoms with E-state index < -0.39 is 0 Å². The first kappa shape index (κ1) is 16.4. The number of ether oxygens (including phenoxy) is 1. The molecule has 2 aromatic rings. The summed E-state index contributed by atoms with van der Waals surface area (Å²) in [7, 11) is 0. The van der Waals surface area contributed by atoms with Crippen molar-refractivity contribution in [1.29, 1.82) is 0 Å². The van der Waals surface area contributed by atoms with Gasteiger partial charge in [0.2, 0.25) is 0 Å². The van der Waals surface area contributed by atoms with E-state index in [1.165, 1.54) is 0 Å². The summed E-state index contributed by atoms with van der Waals surface area (Å²) in [4.78, 5) is 14.3. The van der Waals surface area contributed by atoms with Crippen molar-refractivity contribution < 1.29 is 9.53 Å². The molecule has 2 amide bonds. The van der Waals surface area contributed by atoms with E-state index in [1.807, 2.05) is 48.7 Å². The van der Waals surface area contributed by atoms with Crippen molar-refractivity contribution >= 4 is 6.03 Å². The van der Waals surface area contributed by atoms with Gasteiger partial charge >= 0.3 is 6.03 Å². The van der Waals surface area contributed by atoms with Crippen molar-refractivity contribution in [3.05, 3.63) is 48.0 Å². The number of benzene rings is 1. The minimum absolute atomic E-state index is 0.0423. The maximum Gasteiger partial charge on any atom is 0.318 e. The number of hydrogen-bond donors (Lipinski definition) is 1. The number of carbonyl (C=O) groups excluding carboxylic acids is 1. The number of carbonyl (C=O) groups is 1. The minimum atomic E-state index is -0.237. The zero-order chi connectivity index (χ0) is 16.9. The Morgan fingerprint density at radius 2 is 2.21 bits per heavy atom. The second-order valence-electron chi connectivity index (χ2n) is 5.86. The van der Waals surface area contributed by atoms with E-state index in [2.05, 4.69) is 15.5 Å². The number of morpholine rings is 1. The van der Waals surface area contributed by atoms with E-state index in [4.69, 9.17) is 4.74 Å². The third-order valence-electron chi connectivity index (χ3n) is 4.27. The number of aromatic nitrogens is 3. The van der Waals surface area contributed by atoms with Gasteiger partial charge in [-0.1, -0.05) is 30.3 Å². The summed E-state index contributed by atoms with van der Waals surface area (Å²) in [6, 6.07) is 9.81. The van der Waals surface area contributed by atoms with Crippen LogP contribution in [0.2, 0.25) is 0 Å². The first-order valence-corrected chi connectivity index (χ1v) is 8.28. The van der Waals surface area contributed by atoms with Gasteiger partial charge in [-0.15, -0.1) is 10.2 Å². The van der Waals surface area contributed by atoms with Crippen molar-refractivity contribution in [1.82, 2.24) is 25.0 Å². The molecule has 0 saturated carbocycles. The summed E-state index contributed by atoms with van der Waals surface area (Å²) in [5, 5.41) is 11.1. The Bertz CT molecular complexity index is 673. The van der Waals surface area contributed by atoms with Crippen LogP contribution < -0.4 is 5.32 Å². The molecule has 2 atom stereocenters. The Balaban J connectivity index is 1.63. The summed E-state index contributed by atoms with van der Waals surface area (Å²) in [5.74, 6) is 0.770. The Labute approximate surface area is 141 Å². The Kier molecular flexibility index (Phi) is 5.10. The quantitative estimate of drug-likeness (QED) is 0.933. The molecule has 2 heterocycles. The fourth-order valence-corrected chi connectivity index (χ4v) is 2.85. The zero-order valence-electron chi connectivity index (χ0n) is 14.1. The van der Waals surface area contributed by atoms with Crippen LogP contribution in [0.3, 0.4) is 0 Å². The molecular weight excluding hydrogens is 306 g/mol. The molecule has 0 radical (unpaired) electrons. The maximum atomic E-state index is 12.6. The number of hydrogen-bond acceptors (Lipinski definition) is 4. The number of nitrogens with one attached hydrogen (secondary N) is 1. The molecule has 128 valence electrons. The highest BCUT2D eigenvalue weighted by Crippen LogP contribution is 2.21. The molecule has 0 unspecified atom stereocenters. The van der Waals surface area contributed by atoms with Gasteiger partial charge in [0.1, 0.15) is 12.4 Å². The van der Waals surface area contributed by atoms with Gasteiger partial charge in [0.05, 0.1) is 19.2 Å². The zero-order valence-corrected chi connectivity index (χ0v) is 14.1. The fourth-order valence-electron chi connectivity index (χ4n) is 2.85. The highest BCUT2D eigenvalue weighted by molar-refractivity contribution is 5.74. The summed E-state index contributed by atoms with van der Waals surface area (Å²) in [6.45, 7) is 6.34. The second kappa shape index (κ2) is 7.44. The van der Waals surface area contributed by atoms with Crippen molar-refractivity contribution in [2.24, 2.45) is 0 Å². The second-order valence-corrected chi connectivity index (χ2v) is 5.86. The van der Waals surface area contributed by atoms with Crippen LogP contribution in [-0.2, 0) is 11.3 Å². The predicted molar refractivity (Wildman–Crippen MR) is 89.4 cm³/mol. The van der Waals surface area contributed by atoms with Crippen LogP contribution in [0.5, 0.6) is 0 Å². The molecule has 1 aliphatic heterocycles. The Hall–Kier alpha value is -2.41. The summed E-state index contributed by atoms with van der Waals surface area (Å²) in [5.41, 5.74) is 1.08. The number of amides is 2. The van der Waals surface area contributed by atoms with Crippen LogP contribution in [0.25, 0.3) is 0 Å². The molecular formula is C17H23N5O2. The third kappa shape index (κ3) is 3.56. The normalized spacial score (nSPS) is 19.1. The van der Waals surface area contributed by atoms with Gasteiger partial charge in [-0.25, -0.2) is 4.79 Å². The lowest BCUT2D eigenvalue weighted by Crippen LogP contribution is -2.48. The van der Waals surface area contributed by atoms with Crippen LogP contribution in [0.4, 0.5) is 4.79 Å². The molecule has 7 nitrogen and oxygen atoms in total. The van der Waals surface area contributed by atoms with Crippen molar-refractivity contribution in [3.8, 4) is 0 Å². The summed E-state index contributed by atoms with van der Waals surface area (Å²) >= 11 is 0. The van der Waals surface area contributed by atoms with Gasteiger partial charge in [0, 0.05) is 13.1 Å². The van der Waals surface area contributed by atoms with E-state index in [-0.39, 0.29) is 18.2 Å². The van der Waals surface area contributed by atoms with E-state index in [9.17, 15) is 4.79 Å². The SMILES string of the molecule is CCn1cnnc1[C@@H]1CN(C(=O)N[C@H](C)c2ccccc2)CCO1. The van der Waals surface area contributed by atoms with Crippen LogP contribution in [0, 0.1) is 0 Å². The lowest BCUT2D eigenvalue weighted by atomic mass is 10.1. The number of nitrogens with zero attached hydrogens (tertiary/aromatic N) is 4. The van der Waals surface area contributed by atoms with E-state index in [1.54, 1.807) is 11.2 Å². The maximum absolute atomic E-state index is 12.6. The average Bonchev–Trinajstić information content (AvgIpc) is 3.11. The number of aryl methyl sites for hydroxylation is 1. The highest BCUT2D eigenvalue weighted by Gasteiger charge is 2.29. The van der Waals surface area contributed by atoms with Crippen LogP contribution in [0.15, 0.2) is 36.7 Å². The number of urea groups is 1. The molecule has 7 heteroatoms. The fraction of sp³-hybridized carbons (Fsp3) is 0.471. The molecule has 3 rings (SSSR count). The predicted octanol–water partition coefficient (Wildman–Crippen LogP) is 2.14. The lowest BCUT2D eigenvalue weighted by Gasteiger charge is -2.33. The molecule has 1 aromatic carbocycles. The van der Waals surface area contributed by atoms with Gasteiger partial charge in [0.15, 0.2) is 5.82 Å². The van der Waals surface area contributed by atoms with Gasteiger partial charge in [-0.2, -0.15) is 0 Å². The molecule has 1 aliphatic rings. The largest absolute Gasteiger partial charge is 0.366 e.